The zero-order valence-corrected chi connectivity index (χ0v) is 16.6. The molecule has 0 spiro atoms. The molecule has 1 heterocycles. The van der Waals surface area contributed by atoms with Crippen LogP contribution in [0.1, 0.15) is 5.56 Å². The molecule has 4 aromatic rings. The topological polar surface area (TPSA) is 56.3 Å². The van der Waals surface area contributed by atoms with Crippen LogP contribution in [0.2, 0.25) is 0 Å². The molecule has 1 N–H and O–H groups in total. The summed E-state index contributed by atoms with van der Waals surface area (Å²) in [5.74, 6) is 1.43. The molecule has 0 amide bonds. The number of nitrogens with one attached hydrogen (secondary N) is 1. The lowest BCUT2D eigenvalue weighted by Gasteiger charge is -2.16. The maximum Gasteiger partial charge on any atom is 0.227 e. The fourth-order valence-corrected chi connectivity index (χ4v) is 3.32. The van der Waals surface area contributed by atoms with Crippen LogP contribution in [0.3, 0.4) is 0 Å². The largest absolute Gasteiger partial charge is 0.493 e. The second-order valence-corrected chi connectivity index (χ2v) is 6.57. The van der Waals surface area contributed by atoms with Crippen LogP contribution >= 0.6 is 0 Å². The van der Waals surface area contributed by atoms with Gasteiger partial charge in [-0.2, -0.15) is 0 Å². The molecular weight excluding hydrogens is 381 g/mol. The summed E-state index contributed by atoms with van der Waals surface area (Å²) in [5, 5.41) is 3.83. The highest BCUT2D eigenvalue weighted by Crippen LogP contribution is 2.41. The minimum absolute atomic E-state index is 0.311. The average Bonchev–Trinajstić information content (AvgIpc) is 2.78. The molecule has 0 atom stereocenters. The molecule has 3 aromatic carbocycles. The Morgan fingerprint density at radius 2 is 1.80 bits per heavy atom. The standard InChI is InChI=1S/C24H20FN3O2/c1-4-15-7-12-21(29-2)23(30-3)22(15)16-5-9-19(10-6-16)27-24-26-14-17-13-18(25)8-11-20(17)28-24/h4-14H,1H2,2-3H3,(H,26,27,28). The number of methoxy groups -OCH3 is 2. The van der Waals surface area contributed by atoms with Gasteiger partial charge in [0, 0.05) is 22.8 Å². The molecule has 1 aromatic heterocycles. The summed E-state index contributed by atoms with van der Waals surface area (Å²) in [6.45, 7) is 3.90. The molecule has 0 aliphatic heterocycles. The SMILES string of the molecule is C=Cc1ccc(OC)c(OC)c1-c1ccc(Nc2ncc3cc(F)ccc3n2)cc1. The van der Waals surface area contributed by atoms with Crippen LogP contribution < -0.4 is 14.8 Å². The Labute approximate surface area is 173 Å². The monoisotopic (exact) mass is 401 g/mol. The van der Waals surface area contributed by atoms with E-state index in [2.05, 4.69) is 21.9 Å². The van der Waals surface area contributed by atoms with Crippen molar-refractivity contribution >= 4 is 28.6 Å². The number of fused-ring (bicyclic) bond motifs is 1. The van der Waals surface area contributed by atoms with Crippen molar-refractivity contribution in [3.8, 4) is 22.6 Å². The first-order valence-electron chi connectivity index (χ1n) is 9.30. The molecule has 5 nitrogen and oxygen atoms in total. The van der Waals surface area contributed by atoms with Gasteiger partial charge in [-0.25, -0.2) is 14.4 Å². The minimum atomic E-state index is -0.311. The first-order valence-corrected chi connectivity index (χ1v) is 9.30. The highest BCUT2D eigenvalue weighted by Gasteiger charge is 2.15. The van der Waals surface area contributed by atoms with Crippen LogP contribution in [0, 0.1) is 5.82 Å². The van der Waals surface area contributed by atoms with E-state index in [1.165, 1.54) is 12.1 Å². The van der Waals surface area contributed by atoms with Crippen molar-refractivity contribution in [2.75, 3.05) is 19.5 Å². The Balaban J connectivity index is 1.65. The number of hydrogen-bond donors (Lipinski definition) is 1. The Hall–Kier alpha value is -3.93. The first kappa shape index (κ1) is 19.4. The third kappa shape index (κ3) is 3.67. The van der Waals surface area contributed by atoms with E-state index in [1.807, 2.05) is 36.4 Å². The van der Waals surface area contributed by atoms with Crippen LogP contribution in [0.15, 0.2) is 67.4 Å². The molecule has 4 rings (SSSR count). The number of anilines is 2. The predicted molar refractivity (Wildman–Crippen MR) is 118 cm³/mol. The van der Waals surface area contributed by atoms with Crippen molar-refractivity contribution in [1.82, 2.24) is 9.97 Å². The first-order chi connectivity index (χ1) is 14.6. The van der Waals surface area contributed by atoms with E-state index in [4.69, 9.17) is 9.47 Å². The maximum absolute atomic E-state index is 13.3. The Morgan fingerprint density at radius 1 is 1.00 bits per heavy atom. The lowest BCUT2D eigenvalue weighted by molar-refractivity contribution is 0.356. The highest BCUT2D eigenvalue weighted by atomic mass is 19.1. The van der Waals surface area contributed by atoms with Crippen LogP contribution in [0.25, 0.3) is 28.1 Å². The zero-order valence-electron chi connectivity index (χ0n) is 16.6. The maximum atomic E-state index is 13.3. The second kappa shape index (κ2) is 8.21. The average molecular weight is 401 g/mol. The Morgan fingerprint density at radius 3 is 2.50 bits per heavy atom. The third-order valence-corrected chi connectivity index (χ3v) is 4.77. The molecule has 0 radical (unpaired) electrons. The molecule has 0 bridgehead atoms. The van der Waals surface area contributed by atoms with Gasteiger partial charge in [0.25, 0.3) is 0 Å². The third-order valence-electron chi connectivity index (χ3n) is 4.77. The minimum Gasteiger partial charge on any atom is -0.493 e. The van der Waals surface area contributed by atoms with Crippen LogP contribution in [-0.4, -0.2) is 24.2 Å². The van der Waals surface area contributed by atoms with Gasteiger partial charge in [0.15, 0.2) is 11.5 Å². The molecule has 0 unspecified atom stereocenters. The van der Waals surface area contributed by atoms with Crippen molar-refractivity contribution in [2.45, 2.75) is 0 Å². The van der Waals surface area contributed by atoms with Gasteiger partial charge in [-0.15, -0.1) is 0 Å². The molecule has 30 heavy (non-hydrogen) atoms. The predicted octanol–water partition coefficient (Wildman–Crippen LogP) is 5.84. The summed E-state index contributed by atoms with van der Waals surface area (Å²) in [6.07, 6.45) is 3.38. The highest BCUT2D eigenvalue weighted by molar-refractivity contribution is 5.83. The Kier molecular flexibility index (Phi) is 5.30. The van der Waals surface area contributed by atoms with E-state index in [1.54, 1.807) is 32.6 Å². The Bertz CT molecular complexity index is 1220. The van der Waals surface area contributed by atoms with Crippen molar-refractivity contribution in [2.24, 2.45) is 0 Å². The van der Waals surface area contributed by atoms with E-state index >= 15 is 0 Å². The van der Waals surface area contributed by atoms with Gasteiger partial charge in [0.2, 0.25) is 5.95 Å². The molecule has 150 valence electrons. The molecular formula is C24H20FN3O2. The molecule has 0 saturated heterocycles. The molecule has 0 saturated carbocycles. The van der Waals surface area contributed by atoms with Crippen LogP contribution in [0.5, 0.6) is 11.5 Å². The summed E-state index contributed by atoms with van der Waals surface area (Å²) in [5.41, 5.74) is 4.30. The van der Waals surface area contributed by atoms with E-state index in [9.17, 15) is 4.39 Å². The van der Waals surface area contributed by atoms with E-state index in [0.29, 0.717) is 28.4 Å². The molecule has 6 heteroatoms. The van der Waals surface area contributed by atoms with Gasteiger partial charge in [-0.05, 0) is 47.5 Å². The van der Waals surface area contributed by atoms with Crippen molar-refractivity contribution in [3.63, 3.8) is 0 Å². The molecule has 0 aliphatic rings. The van der Waals surface area contributed by atoms with Gasteiger partial charge in [0.05, 0.1) is 19.7 Å². The summed E-state index contributed by atoms with van der Waals surface area (Å²) < 4.78 is 24.4. The van der Waals surface area contributed by atoms with Gasteiger partial charge >= 0.3 is 0 Å². The number of halogens is 1. The quantitative estimate of drug-likeness (QED) is 0.440. The van der Waals surface area contributed by atoms with Gasteiger partial charge in [-0.1, -0.05) is 30.9 Å². The van der Waals surface area contributed by atoms with Crippen molar-refractivity contribution in [3.05, 3.63) is 78.8 Å². The second-order valence-electron chi connectivity index (χ2n) is 6.57. The van der Waals surface area contributed by atoms with E-state index < -0.39 is 0 Å². The summed E-state index contributed by atoms with van der Waals surface area (Å²) in [4.78, 5) is 8.69. The number of ether oxygens (including phenoxy) is 2. The van der Waals surface area contributed by atoms with Crippen LogP contribution in [0.4, 0.5) is 16.0 Å². The normalized spacial score (nSPS) is 10.6. The number of rotatable bonds is 6. The van der Waals surface area contributed by atoms with Gasteiger partial charge in [-0.3, -0.25) is 0 Å². The van der Waals surface area contributed by atoms with E-state index in [0.717, 1.165) is 22.4 Å². The summed E-state index contributed by atoms with van der Waals surface area (Å²) in [6, 6.07) is 16.0. The smallest absolute Gasteiger partial charge is 0.227 e. The van der Waals surface area contributed by atoms with Crippen molar-refractivity contribution in [1.29, 1.82) is 0 Å². The summed E-state index contributed by atoms with van der Waals surface area (Å²) in [7, 11) is 3.23. The number of aromatic nitrogens is 2. The fraction of sp³-hybridized carbons (Fsp3) is 0.0833. The lowest BCUT2D eigenvalue weighted by atomic mass is 9.97. The van der Waals surface area contributed by atoms with E-state index in [-0.39, 0.29) is 5.82 Å². The van der Waals surface area contributed by atoms with Crippen LogP contribution in [-0.2, 0) is 0 Å². The molecule has 0 aliphatic carbocycles. The van der Waals surface area contributed by atoms with Gasteiger partial charge < -0.3 is 14.8 Å². The van der Waals surface area contributed by atoms with Gasteiger partial charge in [0.1, 0.15) is 5.82 Å². The zero-order chi connectivity index (χ0) is 21.1. The van der Waals surface area contributed by atoms with Crippen molar-refractivity contribution < 1.29 is 13.9 Å². The number of benzene rings is 3. The number of nitrogens with zero attached hydrogens (tertiary/aromatic N) is 2. The fourth-order valence-electron chi connectivity index (χ4n) is 3.32. The summed E-state index contributed by atoms with van der Waals surface area (Å²) >= 11 is 0. The lowest BCUT2D eigenvalue weighted by Crippen LogP contribution is -1.98. The molecule has 0 fully saturated rings. The number of hydrogen-bond acceptors (Lipinski definition) is 5.